The summed E-state index contributed by atoms with van der Waals surface area (Å²) < 4.78 is 0. The van der Waals surface area contributed by atoms with E-state index in [0.29, 0.717) is 0 Å². The first-order valence-corrected chi connectivity index (χ1v) is 10.9. The van der Waals surface area contributed by atoms with Gasteiger partial charge in [0.2, 0.25) is 0 Å². The molecule has 0 atom stereocenters. The summed E-state index contributed by atoms with van der Waals surface area (Å²) in [7, 11) is 16.6. The van der Waals surface area contributed by atoms with Crippen molar-refractivity contribution in [1.29, 1.82) is 0 Å². The molecule has 2 nitrogen and oxygen atoms in total. The first-order valence-electron chi connectivity index (χ1n) is 5.11. The van der Waals surface area contributed by atoms with Crippen LogP contribution in [0.4, 0.5) is 5.69 Å². The Labute approximate surface area is 126 Å². The second-order valence-corrected chi connectivity index (χ2v) is 10.2. The molecule has 0 bridgehead atoms. The third-order valence-electron chi connectivity index (χ3n) is 1.83. The molecular formula is C12H15Cl3N2V-. The molecule has 0 aliphatic rings. The molecule has 0 aliphatic carbocycles. The molecule has 0 radical (unpaired) electrons. The topological polar surface area (TPSA) is 26.5 Å². The van der Waals surface area contributed by atoms with Gasteiger partial charge < -0.3 is 5.32 Å². The van der Waals surface area contributed by atoms with Crippen LogP contribution in [0.2, 0.25) is 0 Å². The van der Waals surface area contributed by atoms with Crippen LogP contribution >= 0.6 is 29.5 Å². The molecule has 0 fully saturated rings. The van der Waals surface area contributed by atoms with Crippen molar-refractivity contribution >= 4 is 40.9 Å². The average molecular weight is 345 g/mol. The summed E-state index contributed by atoms with van der Waals surface area (Å²) in [5, 5.41) is 4.05. The molecule has 0 spiro atoms. The average Bonchev–Trinajstić information content (AvgIpc) is 2.29. The van der Waals surface area contributed by atoms with E-state index < -0.39 is 12.3 Å². The van der Waals surface area contributed by atoms with Crippen LogP contribution in [0.25, 0.3) is 5.32 Å². The van der Waals surface area contributed by atoms with Crippen molar-refractivity contribution < 1.29 is 12.3 Å². The van der Waals surface area contributed by atoms with Gasteiger partial charge in [0.1, 0.15) is 0 Å². The Hall–Kier alpha value is -0.116. The molecule has 1 rings (SSSR count). The van der Waals surface area contributed by atoms with Crippen LogP contribution in [-0.2, 0) is 12.3 Å². The monoisotopic (exact) mass is 343 g/mol. The van der Waals surface area contributed by atoms with Gasteiger partial charge in [0.15, 0.2) is 0 Å². The van der Waals surface area contributed by atoms with Crippen LogP contribution < -0.4 is 0 Å². The van der Waals surface area contributed by atoms with Crippen molar-refractivity contribution in [2.24, 2.45) is 4.99 Å². The van der Waals surface area contributed by atoms with E-state index >= 15 is 0 Å². The molecule has 0 heterocycles. The number of aliphatic imine (C=N–C) groups is 1. The Bertz CT molecular complexity index is 389. The molecular weight excluding hydrogens is 329 g/mol. The molecule has 0 aliphatic heterocycles. The minimum atomic E-state index is -1.77. The van der Waals surface area contributed by atoms with Crippen molar-refractivity contribution in [2.75, 3.05) is 7.05 Å². The first kappa shape index (κ1) is 17.9. The Kier molecular flexibility index (Phi) is 10.7. The molecule has 6 heteroatoms. The molecule has 0 unspecified atom stereocenters. The van der Waals surface area contributed by atoms with Gasteiger partial charge in [0.05, 0.1) is 5.69 Å². The molecule has 0 N–H and O–H groups in total. The van der Waals surface area contributed by atoms with E-state index in [9.17, 15) is 0 Å². The van der Waals surface area contributed by atoms with Crippen LogP contribution in [0.5, 0.6) is 0 Å². The molecule has 1 aromatic carbocycles. The Morgan fingerprint density at radius 3 is 2.11 bits per heavy atom. The van der Waals surface area contributed by atoms with E-state index in [1.807, 2.05) is 50.3 Å². The SMILES string of the molecule is C[N-]/C(C)=C\C(C)=Nc1ccccc1.[Cl][V]([Cl])[Cl]. The molecule has 1 aromatic rings. The minimum absolute atomic E-state index is 0.972. The van der Waals surface area contributed by atoms with Crippen LogP contribution in [0.15, 0.2) is 47.1 Å². The summed E-state index contributed by atoms with van der Waals surface area (Å²) in [6.07, 6.45) is 1.97. The number of benzene rings is 1. The van der Waals surface area contributed by atoms with Gasteiger partial charge in [-0.05, 0) is 19.1 Å². The number of rotatable bonds is 3. The Morgan fingerprint density at radius 2 is 1.67 bits per heavy atom. The second kappa shape index (κ2) is 10.8. The predicted molar refractivity (Wildman–Crippen MR) is 79.8 cm³/mol. The maximum absolute atomic E-state index is 4.95. The second-order valence-electron chi connectivity index (χ2n) is 3.29. The van der Waals surface area contributed by atoms with E-state index in [0.717, 1.165) is 17.1 Å². The molecule has 18 heavy (non-hydrogen) atoms. The molecule has 0 saturated carbocycles. The van der Waals surface area contributed by atoms with Crippen LogP contribution in [-0.4, -0.2) is 12.8 Å². The predicted octanol–water partition coefficient (Wildman–Crippen LogP) is 5.75. The number of hydrogen-bond acceptors (Lipinski definition) is 1. The third-order valence-corrected chi connectivity index (χ3v) is 1.83. The quantitative estimate of drug-likeness (QED) is 0.624. The molecule has 0 saturated heterocycles. The van der Waals surface area contributed by atoms with Gasteiger partial charge in [-0.3, -0.25) is 4.99 Å². The zero-order chi connectivity index (χ0) is 14.0. The van der Waals surface area contributed by atoms with Crippen LogP contribution in [0.3, 0.4) is 0 Å². The van der Waals surface area contributed by atoms with Crippen LogP contribution in [0.1, 0.15) is 13.8 Å². The summed E-state index contributed by atoms with van der Waals surface area (Å²) in [6.45, 7) is 3.94. The van der Waals surface area contributed by atoms with Crippen molar-refractivity contribution in [2.45, 2.75) is 13.8 Å². The zero-order valence-electron chi connectivity index (χ0n) is 10.4. The fraction of sp³-hybridized carbons (Fsp3) is 0.250. The maximum atomic E-state index is 4.95. The van der Waals surface area contributed by atoms with Crippen LogP contribution in [0, 0.1) is 0 Å². The van der Waals surface area contributed by atoms with Gasteiger partial charge in [-0.2, -0.15) is 5.70 Å². The summed E-state index contributed by atoms with van der Waals surface area (Å²) in [6, 6.07) is 9.90. The van der Waals surface area contributed by atoms with Gasteiger partial charge in [-0.15, -0.1) is 7.05 Å². The standard InChI is InChI=1S/C12H15N2.3ClH.V/c1-10(13-3)9-11(2)14-12-7-5-4-6-8-12;;;;/h4-9H,1-3H3;3*1H;/q-1;;;;+3/p-3/b10-9-,14-11?;;;;. The first-order chi connectivity index (χ1) is 8.45. The number of halogens is 3. The van der Waals surface area contributed by atoms with Gasteiger partial charge in [-0.25, -0.2) is 0 Å². The van der Waals surface area contributed by atoms with E-state index in [-0.39, 0.29) is 0 Å². The number of hydrogen-bond donors (Lipinski definition) is 0. The fourth-order valence-corrected chi connectivity index (χ4v) is 1.11. The number of allylic oxidation sites excluding steroid dienone is 2. The molecule has 0 amide bonds. The van der Waals surface area contributed by atoms with Gasteiger partial charge >= 0.3 is 41.8 Å². The van der Waals surface area contributed by atoms with Crippen molar-refractivity contribution in [3.8, 4) is 0 Å². The Morgan fingerprint density at radius 1 is 1.17 bits per heavy atom. The van der Waals surface area contributed by atoms with E-state index in [1.165, 1.54) is 0 Å². The number of nitrogens with zero attached hydrogens (tertiary/aromatic N) is 2. The summed E-state index contributed by atoms with van der Waals surface area (Å²) in [4.78, 5) is 4.43. The van der Waals surface area contributed by atoms with Crippen molar-refractivity contribution in [3.05, 3.63) is 47.4 Å². The van der Waals surface area contributed by atoms with Gasteiger partial charge in [0, 0.05) is 5.71 Å². The fourth-order valence-electron chi connectivity index (χ4n) is 1.11. The summed E-state index contributed by atoms with van der Waals surface area (Å²) in [5.74, 6) is 0. The third kappa shape index (κ3) is 11.0. The zero-order valence-corrected chi connectivity index (χ0v) is 14.1. The Balaban J connectivity index is 0.000000631. The number of para-hydroxylation sites is 1. The molecule has 100 valence electrons. The summed E-state index contributed by atoms with van der Waals surface area (Å²) >= 11 is -1.77. The van der Waals surface area contributed by atoms with E-state index in [4.69, 9.17) is 29.5 Å². The molecule has 0 aromatic heterocycles. The van der Waals surface area contributed by atoms with Crippen molar-refractivity contribution in [1.82, 2.24) is 0 Å². The van der Waals surface area contributed by atoms with Crippen molar-refractivity contribution in [3.63, 3.8) is 0 Å². The summed E-state index contributed by atoms with van der Waals surface area (Å²) in [5.41, 5.74) is 2.94. The van der Waals surface area contributed by atoms with Gasteiger partial charge in [0.25, 0.3) is 0 Å². The van der Waals surface area contributed by atoms with E-state index in [2.05, 4.69) is 10.3 Å². The van der Waals surface area contributed by atoms with Gasteiger partial charge in [-0.1, -0.05) is 31.2 Å². The normalized spacial score (nSPS) is 11.9. The van der Waals surface area contributed by atoms with E-state index in [1.54, 1.807) is 7.05 Å².